The standard InChI is InChI=1S/C18H23N3O3S/c1-12-7-13(2)9-15(8-12)24-10-17-21-16(11-25-17)18(23)20-6-4-5-19-14(3)22/h7-9,11H,4-6,10H2,1-3H3,(H,19,22)(H,20,23). The molecule has 2 amide bonds. The third kappa shape index (κ3) is 6.54. The largest absolute Gasteiger partial charge is 0.486 e. The van der Waals surface area contributed by atoms with E-state index in [1.165, 1.54) is 18.3 Å². The number of benzene rings is 1. The summed E-state index contributed by atoms with van der Waals surface area (Å²) in [6.07, 6.45) is 0.679. The second kappa shape index (κ2) is 9.17. The van der Waals surface area contributed by atoms with Crippen LogP contribution < -0.4 is 15.4 Å². The molecular weight excluding hydrogens is 338 g/mol. The van der Waals surface area contributed by atoms with E-state index in [1.807, 2.05) is 26.0 Å². The first-order valence-corrected chi connectivity index (χ1v) is 9.00. The maximum absolute atomic E-state index is 12.0. The molecule has 0 atom stereocenters. The Morgan fingerprint density at radius 1 is 1.12 bits per heavy atom. The fraction of sp³-hybridized carbons (Fsp3) is 0.389. The summed E-state index contributed by atoms with van der Waals surface area (Å²) in [6.45, 7) is 6.89. The van der Waals surface area contributed by atoms with Gasteiger partial charge in [0.25, 0.3) is 5.91 Å². The molecule has 7 heteroatoms. The summed E-state index contributed by atoms with van der Waals surface area (Å²) in [7, 11) is 0. The van der Waals surface area contributed by atoms with Crippen LogP contribution in [0.1, 0.15) is 40.0 Å². The van der Waals surface area contributed by atoms with Crippen molar-refractivity contribution in [3.8, 4) is 5.75 Å². The SMILES string of the molecule is CC(=O)NCCCNC(=O)c1csc(COc2cc(C)cc(C)c2)n1. The summed E-state index contributed by atoms with van der Waals surface area (Å²) in [6, 6.07) is 6.04. The van der Waals surface area contributed by atoms with Crippen molar-refractivity contribution >= 4 is 23.2 Å². The summed E-state index contributed by atoms with van der Waals surface area (Å²) in [5.41, 5.74) is 2.69. The number of hydrogen-bond acceptors (Lipinski definition) is 5. The highest BCUT2D eigenvalue weighted by atomic mass is 32.1. The van der Waals surface area contributed by atoms with E-state index in [0.717, 1.165) is 21.9 Å². The van der Waals surface area contributed by atoms with Crippen LogP contribution in [0.3, 0.4) is 0 Å². The second-order valence-corrected chi connectivity index (χ2v) is 6.77. The van der Waals surface area contributed by atoms with Gasteiger partial charge in [-0.05, 0) is 43.5 Å². The summed E-state index contributed by atoms with van der Waals surface area (Å²) in [5, 5.41) is 7.95. The van der Waals surface area contributed by atoms with Crippen LogP contribution in [0.2, 0.25) is 0 Å². The van der Waals surface area contributed by atoms with Crippen LogP contribution in [0.15, 0.2) is 23.6 Å². The van der Waals surface area contributed by atoms with Crippen LogP contribution in [0, 0.1) is 13.8 Å². The van der Waals surface area contributed by atoms with Crippen molar-refractivity contribution < 1.29 is 14.3 Å². The number of carbonyl (C=O) groups is 2. The summed E-state index contributed by atoms with van der Waals surface area (Å²) >= 11 is 1.40. The molecule has 0 saturated heterocycles. The first kappa shape index (κ1) is 18.9. The average molecular weight is 361 g/mol. The zero-order valence-electron chi connectivity index (χ0n) is 14.7. The van der Waals surface area contributed by atoms with Crippen LogP contribution in [0.25, 0.3) is 0 Å². The van der Waals surface area contributed by atoms with Crippen molar-refractivity contribution in [1.29, 1.82) is 0 Å². The molecule has 6 nitrogen and oxygen atoms in total. The number of carbonyl (C=O) groups excluding carboxylic acids is 2. The van der Waals surface area contributed by atoms with E-state index in [1.54, 1.807) is 5.38 Å². The van der Waals surface area contributed by atoms with Gasteiger partial charge in [0, 0.05) is 25.4 Å². The van der Waals surface area contributed by atoms with Crippen molar-refractivity contribution in [2.24, 2.45) is 0 Å². The number of aromatic nitrogens is 1. The van der Waals surface area contributed by atoms with Crippen molar-refractivity contribution in [1.82, 2.24) is 15.6 Å². The Hall–Kier alpha value is -2.41. The molecule has 0 aliphatic carbocycles. The van der Waals surface area contributed by atoms with Crippen molar-refractivity contribution in [3.05, 3.63) is 45.4 Å². The predicted octanol–water partition coefficient (Wildman–Crippen LogP) is 2.59. The molecule has 2 rings (SSSR count). The molecule has 2 aromatic rings. The second-order valence-electron chi connectivity index (χ2n) is 5.83. The Bertz CT molecular complexity index is 723. The minimum atomic E-state index is -0.211. The van der Waals surface area contributed by atoms with Gasteiger partial charge in [0.05, 0.1) is 0 Å². The van der Waals surface area contributed by atoms with Gasteiger partial charge in [-0.15, -0.1) is 11.3 Å². The Balaban J connectivity index is 1.79. The van der Waals surface area contributed by atoms with Crippen LogP contribution in [0.4, 0.5) is 0 Å². The van der Waals surface area contributed by atoms with Gasteiger partial charge in [-0.1, -0.05) is 6.07 Å². The van der Waals surface area contributed by atoms with Crippen LogP contribution in [-0.4, -0.2) is 29.9 Å². The maximum Gasteiger partial charge on any atom is 0.270 e. The van der Waals surface area contributed by atoms with Crippen molar-refractivity contribution in [2.45, 2.75) is 33.8 Å². The van der Waals surface area contributed by atoms with E-state index >= 15 is 0 Å². The summed E-state index contributed by atoms with van der Waals surface area (Å²) in [5.74, 6) is 0.521. The minimum Gasteiger partial charge on any atom is -0.486 e. The maximum atomic E-state index is 12.0. The number of ether oxygens (including phenoxy) is 1. The fourth-order valence-electron chi connectivity index (χ4n) is 2.29. The first-order chi connectivity index (χ1) is 11.9. The van der Waals surface area contributed by atoms with Crippen molar-refractivity contribution in [2.75, 3.05) is 13.1 Å². The summed E-state index contributed by atoms with van der Waals surface area (Å²) in [4.78, 5) is 27.1. The number of thiazole rings is 1. The normalized spacial score (nSPS) is 10.4. The lowest BCUT2D eigenvalue weighted by molar-refractivity contribution is -0.118. The summed E-state index contributed by atoms with van der Waals surface area (Å²) < 4.78 is 5.76. The molecule has 0 aliphatic rings. The smallest absolute Gasteiger partial charge is 0.270 e. The molecule has 0 unspecified atom stereocenters. The monoisotopic (exact) mass is 361 g/mol. The molecule has 134 valence electrons. The van der Waals surface area contributed by atoms with Gasteiger partial charge in [0.2, 0.25) is 5.91 Å². The number of aryl methyl sites for hydroxylation is 2. The van der Waals surface area contributed by atoms with E-state index in [4.69, 9.17) is 4.74 Å². The zero-order valence-corrected chi connectivity index (χ0v) is 15.5. The molecule has 1 aromatic carbocycles. The van der Waals surface area contributed by atoms with E-state index in [9.17, 15) is 9.59 Å². The van der Waals surface area contributed by atoms with Gasteiger partial charge >= 0.3 is 0 Å². The molecule has 1 aromatic heterocycles. The Morgan fingerprint density at radius 2 is 1.80 bits per heavy atom. The van der Waals surface area contributed by atoms with Crippen molar-refractivity contribution in [3.63, 3.8) is 0 Å². The Labute approximate surface area is 151 Å². The zero-order chi connectivity index (χ0) is 18.2. The number of nitrogens with one attached hydrogen (secondary N) is 2. The molecule has 0 bridgehead atoms. The van der Waals surface area contributed by atoms with Gasteiger partial charge in [0.1, 0.15) is 23.1 Å². The first-order valence-electron chi connectivity index (χ1n) is 8.12. The minimum absolute atomic E-state index is 0.0701. The van der Waals surface area contributed by atoms with E-state index in [2.05, 4.69) is 21.7 Å². The van der Waals surface area contributed by atoms with Gasteiger partial charge < -0.3 is 15.4 Å². The highest BCUT2D eigenvalue weighted by molar-refractivity contribution is 7.09. The lowest BCUT2D eigenvalue weighted by Crippen LogP contribution is -2.29. The molecule has 2 N–H and O–H groups in total. The van der Waals surface area contributed by atoms with Crippen LogP contribution >= 0.6 is 11.3 Å². The third-order valence-corrected chi connectivity index (χ3v) is 4.18. The molecule has 0 spiro atoms. The highest BCUT2D eigenvalue weighted by Crippen LogP contribution is 2.19. The number of rotatable bonds is 8. The lowest BCUT2D eigenvalue weighted by atomic mass is 10.1. The topological polar surface area (TPSA) is 80.3 Å². The van der Waals surface area contributed by atoms with Gasteiger partial charge in [-0.25, -0.2) is 4.98 Å². The van der Waals surface area contributed by atoms with E-state index in [0.29, 0.717) is 31.8 Å². The molecule has 0 aliphatic heterocycles. The number of hydrogen-bond donors (Lipinski definition) is 2. The van der Waals surface area contributed by atoms with E-state index < -0.39 is 0 Å². The lowest BCUT2D eigenvalue weighted by Gasteiger charge is -2.06. The average Bonchev–Trinajstić information content (AvgIpc) is 3.00. The molecule has 25 heavy (non-hydrogen) atoms. The predicted molar refractivity (Wildman–Crippen MR) is 98.0 cm³/mol. The van der Waals surface area contributed by atoms with Gasteiger partial charge in [-0.2, -0.15) is 0 Å². The van der Waals surface area contributed by atoms with Crippen LogP contribution in [0.5, 0.6) is 5.75 Å². The molecule has 0 radical (unpaired) electrons. The van der Waals surface area contributed by atoms with Crippen LogP contribution in [-0.2, 0) is 11.4 Å². The molecule has 0 saturated carbocycles. The highest BCUT2D eigenvalue weighted by Gasteiger charge is 2.10. The Kier molecular flexibility index (Phi) is 6.94. The Morgan fingerprint density at radius 3 is 2.48 bits per heavy atom. The van der Waals surface area contributed by atoms with Gasteiger partial charge in [0.15, 0.2) is 0 Å². The molecular formula is C18H23N3O3S. The quantitative estimate of drug-likeness (QED) is 0.708. The number of amides is 2. The number of nitrogens with zero attached hydrogens (tertiary/aromatic N) is 1. The van der Waals surface area contributed by atoms with Gasteiger partial charge in [-0.3, -0.25) is 9.59 Å². The van der Waals surface area contributed by atoms with E-state index in [-0.39, 0.29) is 11.8 Å². The molecule has 0 fully saturated rings. The third-order valence-electron chi connectivity index (χ3n) is 3.35. The molecule has 1 heterocycles. The fourth-order valence-corrected chi connectivity index (χ4v) is 2.97.